The molecule has 0 spiro atoms. The lowest BCUT2D eigenvalue weighted by molar-refractivity contribution is -0.123. The number of hydrogen-bond donors (Lipinski definition) is 2. The van der Waals surface area contributed by atoms with Gasteiger partial charge in [0.25, 0.3) is 0 Å². The first-order valence-electron chi connectivity index (χ1n) is 8.05. The fourth-order valence-electron chi connectivity index (χ4n) is 2.66. The maximum atomic E-state index is 12.1. The van der Waals surface area contributed by atoms with Crippen LogP contribution in [0.2, 0.25) is 0 Å². The smallest absolute Gasteiger partial charge is 0.237 e. The Hall–Kier alpha value is -1.55. The Morgan fingerprint density at radius 1 is 1.24 bits per heavy atom. The average molecular weight is 288 g/mol. The molecule has 0 aromatic heterocycles. The second-order valence-electron chi connectivity index (χ2n) is 6.08. The van der Waals surface area contributed by atoms with Gasteiger partial charge in [-0.25, -0.2) is 0 Å². The summed E-state index contributed by atoms with van der Waals surface area (Å²) in [5, 5.41) is 6.31. The zero-order valence-electron chi connectivity index (χ0n) is 12.4. The SMILES string of the molecule is O=C(NCc1ccccc1OCC1CC1)C1CCCCN1. The van der Waals surface area contributed by atoms with Crippen LogP contribution in [0.15, 0.2) is 24.3 Å². The van der Waals surface area contributed by atoms with Gasteiger partial charge >= 0.3 is 0 Å². The highest BCUT2D eigenvalue weighted by Gasteiger charge is 2.23. The van der Waals surface area contributed by atoms with E-state index < -0.39 is 0 Å². The number of ether oxygens (including phenoxy) is 1. The number of nitrogens with one attached hydrogen (secondary N) is 2. The molecule has 0 radical (unpaired) electrons. The number of benzene rings is 1. The zero-order chi connectivity index (χ0) is 14.5. The number of para-hydroxylation sites is 1. The quantitative estimate of drug-likeness (QED) is 0.844. The Balaban J connectivity index is 1.52. The fraction of sp³-hybridized carbons (Fsp3) is 0.588. The molecule has 2 aliphatic rings. The molecule has 1 aliphatic carbocycles. The third kappa shape index (κ3) is 4.21. The molecule has 0 bridgehead atoms. The number of carbonyl (C=O) groups excluding carboxylic acids is 1. The first-order chi connectivity index (χ1) is 10.3. The van der Waals surface area contributed by atoms with Crippen molar-refractivity contribution < 1.29 is 9.53 Å². The largest absolute Gasteiger partial charge is 0.493 e. The summed E-state index contributed by atoms with van der Waals surface area (Å²) >= 11 is 0. The predicted molar refractivity (Wildman–Crippen MR) is 82.1 cm³/mol. The Labute approximate surface area is 126 Å². The van der Waals surface area contributed by atoms with E-state index in [0.29, 0.717) is 6.54 Å². The molecule has 1 atom stereocenters. The average Bonchev–Trinajstić information content (AvgIpc) is 3.36. The van der Waals surface area contributed by atoms with E-state index in [0.717, 1.165) is 43.2 Å². The monoisotopic (exact) mass is 288 g/mol. The maximum absolute atomic E-state index is 12.1. The van der Waals surface area contributed by atoms with Crippen LogP contribution in [0.25, 0.3) is 0 Å². The molecule has 114 valence electrons. The van der Waals surface area contributed by atoms with E-state index in [-0.39, 0.29) is 11.9 Å². The van der Waals surface area contributed by atoms with Gasteiger partial charge in [0.15, 0.2) is 0 Å². The number of amides is 1. The van der Waals surface area contributed by atoms with E-state index in [4.69, 9.17) is 4.74 Å². The van der Waals surface area contributed by atoms with Crippen LogP contribution in [0.4, 0.5) is 0 Å². The number of carbonyl (C=O) groups is 1. The van der Waals surface area contributed by atoms with Gasteiger partial charge in [0.1, 0.15) is 5.75 Å². The molecule has 2 fully saturated rings. The van der Waals surface area contributed by atoms with Crippen LogP contribution < -0.4 is 15.4 Å². The molecule has 1 saturated carbocycles. The molecule has 1 amide bonds. The summed E-state index contributed by atoms with van der Waals surface area (Å²) in [6, 6.07) is 7.96. The van der Waals surface area contributed by atoms with Gasteiger partial charge in [-0.3, -0.25) is 4.79 Å². The van der Waals surface area contributed by atoms with Crippen LogP contribution in [0.5, 0.6) is 5.75 Å². The summed E-state index contributed by atoms with van der Waals surface area (Å²) in [6.45, 7) is 2.28. The number of piperidine rings is 1. The topological polar surface area (TPSA) is 50.4 Å². The van der Waals surface area contributed by atoms with Crippen LogP contribution in [0, 0.1) is 5.92 Å². The summed E-state index contributed by atoms with van der Waals surface area (Å²) < 4.78 is 5.87. The van der Waals surface area contributed by atoms with Crippen molar-refractivity contribution in [3.8, 4) is 5.75 Å². The summed E-state index contributed by atoms with van der Waals surface area (Å²) in [4.78, 5) is 12.1. The van der Waals surface area contributed by atoms with Crippen molar-refractivity contribution in [1.29, 1.82) is 0 Å². The van der Waals surface area contributed by atoms with Crippen LogP contribution >= 0.6 is 0 Å². The lowest BCUT2D eigenvalue weighted by Gasteiger charge is -2.22. The first kappa shape index (κ1) is 14.4. The van der Waals surface area contributed by atoms with Gasteiger partial charge in [-0.05, 0) is 44.2 Å². The van der Waals surface area contributed by atoms with Gasteiger partial charge in [-0.15, -0.1) is 0 Å². The van der Waals surface area contributed by atoms with Crippen LogP contribution in [-0.2, 0) is 11.3 Å². The third-order valence-electron chi connectivity index (χ3n) is 4.22. The molecule has 3 rings (SSSR count). The van der Waals surface area contributed by atoms with E-state index in [2.05, 4.69) is 10.6 Å². The number of rotatable bonds is 6. The molecule has 1 aromatic carbocycles. The Kier molecular flexibility index (Phi) is 4.76. The summed E-state index contributed by atoms with van der Waals surface area (Å²) in [5.41, 5.74) is 1.06. The molecular formula is C17H24N2O2. The normalized spacial score (nSPS) is 21.8. The molecule has 1 aromatic rings. The predicted octanol–water partition coefficient (Wildman–Crippen LogP) is 2.23. The van der Waals surface area contributed by atoms with Crippen molar-refractivity contribution in [2.24, 2.45) is 5.92 Å². The maximum Gasteiger partial charge on any atom is 0.237 e. The van der Waals surface area contributed by atoms with E-state index in [1.807, 2.05) is 24.3 Å². The lowest BCUT2D eigenvalue weighted by Crippen LogP contribution is -2.46. The van der Waals surface area contributed by atoms with Crippen LogP contribution in [0.1, 0.15) is 37.7 Å². The molecule has 1 unspecified atom stereocenters. The van der Waals surface area contributed by atoms with Crippen molar-refractivity contribution >= 4 is 5.91 Å². The van der Waals surface area contributed by atoms with Gasteiger partial charge in [-0.2, -0.15) is 0 Å². The van der Waals surface area contributed by atoms with Gasteiger partial charge < -0.3 is 15.4 Å². The molecule has 1 aliphatic heterocycles. The van der Waals surface area contributed by atoms with E-state index in [9.17, 15) is 4.79 Å². The van der Waals surface area contributed by atoms with Gasteiger partial charge in [0, 0.05) is 12.1 Å². The minimum atomic E-state index is -0.0294. The summed E-state index contributed by atoms with van der Waals surface area (Å²) in [7, 11) is 0. The zero-order valence-corrected chi connectivity index (χ0v) is 12.4. The lowest BCUT2D eigenvalue weighted by atomic mass is 10.0. The van der Waals surface area contributed by atoms with Gasteiger partial charge in [0.2, 0.25) is 5.91 Å². The summed E-state index contributed by atoms with van der Waals surface area (Å²) in [5.74, 6) is 1.74. The molecule has 1 heterocycles. The van der Waals surface area contributed by atoms with Crippen LogP contribution in [-0.4, -0.2) is 25.1 Å². The van der Waals surface area contributed by atoms with Gasteiger partial charge in [-0.1, -0.05) is 24.6 Å². The van der Waals surface area contributed by atoms with Crippen molar-refractivity contribution in [3.63, 3.8) is 0 Å². The van der Waals surface area contributed by atoms with E-state index in [1.54, 1.807) is 0 Å². The van der Waals surface area contributed by atoms with Crippen molar-refractivity contribution in [1.82, 2.24) is 10.6 Å². The van der Waals surface area contributed by atoms with Crippen LogP contribution in [0.3, 0.4) is 0 Å². The van der Waals surface area contributed by atoms with E-state index >= 15 is 0 Å². The molecule has 4 nitrogen and oxygen atoms in total. The Morgan fingerprint density at radius 2 is 2.10 bits per heavy atom. The molecular weight excluding hydrogens is 264 g/mol. The number of hydrogen-bond acceptors (Lipinski definition) is 3. The standard InChI is InChI=1S/C17H24N2O2/c20-17(15-6-3-4-10-18-15)19-11-14-5-1-2-7-16(14)21-12-13-8-9-13/h1-2,5,7,13,15,18H,3-4,6,8-12H2,(H,19,20). The van der Waals surface area contributed by atoms with E-state index in [1.165, 1.54) is 19.3 Å². The highest BCUT2D eigenvalue weighted by molar-refractivity contribution is 5.81. The van der Waals surface area contributed by atoms with Gasteiger partial charge in [0.05, 0.1) is 12.6 Å². The third-order valence-corrected chi connectivity index (χ3v) is 4.22. The second-order valence-corrected chi connectivity index (χ2v) is 6.08. The van der Waals surface area contributed by atoms with Crippen molar-refractivity contribution in [2.45, 2.75) is 44.7 Å². The second kappa shape index (κ2) is 6.94. The minimum absolute atomic E-state index is 0.0294. The highest BCUT2D eigenvalue weighted by Crippen LogP contribution is 2.30. The highest BCUT2D eigenvalue weighted by atomic mass is 16.5. The fourth-order valence-corrected chi connectivity index (χ4v) is 2.66. The first-order valence-corrected chi connectivity index (χ1v) is 8.05. The minimum Gasteiger partial charge on any atom is -0.493 e. The molecule has 4 heteroatoms. The van der Waals surface area contributed by atoms with Crippen molar-refractivity contribution in [2.75, 3.05) is 13.2 Å². The summed E-state index contributed by atoms with van der Waals surface area (Å²) in [6.07, 6.45) is 5.80. The molecule has 2 N–H and O–H groups in total. The Morgan fingerprint density at radius 3 is 2.86 bits per heavy atom. The molecule has 1 saturated heterocycles. The molecule has 21 heavy (non-hydrogen) atoms. The van der Waals surface area contributed by atoms with Crippen molar-refractivity contribution in [3.05, 3.63) is 29.8 Å². The Bertz CT molecular complexity index is 479.